The number of urea groups is 1. The number of rotatable bonds is 4. The van der Waals surface area contributed by atoms with Crippen molar-refractivity contribution in [1.82, 2.24) is 15.2 Å². The van der Waals surface area contributed by atoms with Gasteiger partial charge in [-0.25, -0.2) is 9.78 Å². The van der Waals surface area contributed by atoms with Gasteiger partial charge in [-0.15, -0.1) is 11.3 Å². The van der Waals surface area contributed by atoms with Gasteiger partial charge >= 0.3 is 12.0 Å². The van der Waals surface area contributed by atoms with Gasteiger partial charge in [0.05, 0.1) is 22.7 Å². The normalized spacial score (nSPS) is 22.0. The number of aliphatic carboxylic acids is 1. The molecule has 0 saturated carbocycles. The smallest absolute Gasteiger partial charge is 0.317 e. The summed E-state index contributed by atoms with van der Waals surface area (Å²) in [5.74, 6) is -0.814. The molecular formula is C13H19N3O3S. The number of carbonyl (C=O) groups excluding carboxylic acids is 1. The van der Waals surface area contributed by atoms with Crippen LogP contribution in [0.5, 0.6) is 0 Å². The van der Waals surface area contributed by atoms with Crippen LogP contribution in [0.4, 0.5) is 4.79 Å². The van der Waals surface area contributed by atoms with Gasteiger partial charge in [0.25, 0.3) is 0 Å². The van der Waals surface area contributed by atoms with Crippen molar-refractivity contribution in [2.45, 2.75) is 33.2 Å². The van der Waals surface area contributed by atoms with E-state index in [0.717, 1.165) is 10.7 Å². The average molecular weight is 297 g/mol. The lowest BCUT2D eigenvalue weighted by Crippen LogP contribution is -2.41. The number of carboxylic acids is 1. The minimum Gasteiger partial charge on any atom is -0.481 e. The zero-order valence-corrected chi connectivity index (χ0v) is 12.5. The van der Waals surface area contributed by atoms with Gasteiger partial charge in [-0.2, -0.15) is 0 Å². The summed E-state index contributed by atoms with van der Waals surface area (Å²) in [4.78, 5) is 29.2. The first-order chi connectivity index (χ1) is 9.47. The summed E-state index contributed by atoms with van der Waals surface area (Å²) in [5, 5.41) is 15.0. The number of carbonyl (C=O) groups is 2. The van der Waals surface area contributed by atoms with E-state index in [1.807, 2.05) is 19.2 Å². The maximum absolute atomic E-state index is 12.0. The fraction of sp³-hybridized carbons (Fsp3) is 0.615. The molecule has 1 aromatic rings. The molecule has 0 aliphatic carbocycles. The molecule has 1 aromatic heterocycles. The summed E-state index contributed by atoms with van der Waals surface area (Å²) in [7, 11) is 0. The number of carboxylic acid groups (broad SMARTS) is 1. The first kappa shape index (κ1) is 14.8. The third-order valence-electron chi connectivity index (χ3n) is 3.86. The molecule has 1 fully saturated rings. The maximum atomic E-state index is 12.0. The molecule has 2 N–H and O–H groups in total. The van der Waals surface area contributed by atoms with Crippen LogP contribution in [0.1, 0.15) is 30.5 Å². The minimum atomic E-state index is -0.814. The highest BCUT2D eigenvalue weighted by Crippen LogP contribution is 2.34. The van der Waals surface area contributed by atoms with Gasteiger partial charge in [-0.05, 0) is 19.8 Å². The Balaban J connectivity index is 1.90. The predicted octanol–water partition coefficient (Wildman–Crippen LogP) is 1.85. The molecule has 0 aromatic carbocycles. The molecular weight excluding hydrogens is 278 g/mol. The van der Waals surface area contributed by atoms with Gasteiger partial charge in [0, 0.05) is 18.5 Å². The van der Waals surface area contributed by atoms with Crippen molar-refractivity contribution < 1.29 is 14.7 Å². The van der Waals surface area contributed by atoms with E-state index in [9.17, 15) is 14.7 Å². The monoisotopic (exact) mass is 297 g/mol. The Hall–Kier alpha value is -1.63. The lowest BCUT2D eigenvalue weighted by atomic mass is 9.84. The predicted molar refractivity (Wildman–Crippen MR) is 75.6 cm³/mol. The number of thiazole rings is 1. The van der Waals surface area contributed by atoms with Gasteiger partial charge < -0.3 is 15.3 Å². The van der Waals surface area contributed by atoms with Crippen LogP contribution in [0.3, 0.4) is 0 Å². The molecule has 1 saturated heterocycles. The zero-order valence-electron chi connectivity index (χ0n) is 11.7. The van der Waals surface area contributed by atoms with Crippen LogP contribution in [0.25, 0.3) is 0 Å². The lowest BCUT2D eigenvalue weighted by Gasteiger charge is -2.23. The molecule has 2 heterocycles. The second-order valence-electron chi connectivity index (χ2n) is 5.13. The topological polar surface area (TPSA) is 82.5 Å². The number of hydrogen-bond donors (Lipinski definition) is 2. The number of hydrogen-bond acceptors (Lipinski definition) is 4. The summed E-state index contributed by atoms with van der Waals surface area (Å²) in [5.41, 5.74) is 0.0502. The fourth-order valence-corrected chi connectivity index (χ4v) is 3.04. The molecule has 0 spiro atoms. The second kappa shape index (κ2) is 5.78. The summed E-state index contributed by atoms with van der Waals surface area (Å²) < 4.78 is 0. The molecule has 0 radical (unpaired) electrons. The zero-order chi connectivity index (χ0) is 14.8. The number of nitrogens with zero attached hydrogens (tertiary/aromatic N) is 2. The molecule has 2 amide bonds. The SMILES string of the molecule is CCC1(C(=O)O)CCN(C(=O)NCc2csc(C)n2)C1. The second-order valence-corrected chi connectivity index (χ2v) is 6.19. The first-order valence-electron chi connectivity index (χ1n) is 6.64. The van der Waals surface area contributed by atoms with E-state index >= 15 is 0 Å². The van der Waals surface area contributed by atoms with Crippen molar-refractivity contribution in [2.75, 3.05) is 13.1 Å². The molecule has 110 valence electrons. The standard InChI is InChI=1S/C13H19N3O3S/c1-3-13(11(17)18)4-5-16(8-13)12(19)14-6-10-7-20-9(2)15-10/h7H,3-6,8H2,1-2H3,(H,14,19)(H,17,18). The average Bonchev–Trinajstić information content (AvgIpc) is 3.03. The number of likely N-dealkylation sites (tertiary alicyclic amines) is 1. The van der Waals surface area contributed by atoms with E-state index in [4.69, 9.17) is 0 Å². The Bertz CT molecular complexity index is 517. The Morgan fingerprint density at radius 2 is 2.35 bits per heavy atom. The maximum Gasteiger partial charge on any atom is 0.317 e. The Labute approximate surface area is 121 Å². The van der Waals surface area contributed by atoms with Gasteiger partial charge in [-0.1, -0.05) is 6.92 Å². The highest BCUT2D eigenvalue weighted by atomic mass is 32.1. The fourth-order valence-electron chi connectivity index (χ4n) is 2.43. The van der Waals surface area contributed by atoms with Crippen LogP contribution in [0.15, 0.2) is 5.38 Å². The van der Waals surface area contributed by atoms with Crippen molar-refractivity contribution in [2.24, 2.45) is 5.41 Å². The van der Waals surface area contributed by atoms with Gasteiger partial charge in [-0.3, -0.25) is 4.79 Å². The third kappa shape index (κ3) is 2.92. The molecule has 1 aliphatic heterocycles. The summed E-state index contributed by atoms with van der Waals surface area (Å²) >= 11 is 1.54. The number of aromatic nitrogens is 1. The number of amides is 2. The molecule has 1 aliphatic rings. The van der Waals surface area contributed by atoms with Gasteiger partial charge in [0.15, 0.2) is 0 Å². The van der Waals surface area contributed by atoms with Crippen molar-refractivity contribution in [1.29, 1.82) is 0 Å². The molecule has 7 heteroatoms. The Morgan fingerprint density at radius 1 is 1.60 bits per heavy atom. The highest BCUT2D eigenvalue weighted by molar-refractivity contribution is 7.09. The molecule has 2 rings (SSSR count). The summed E-state index contributed by atoms with van der Waals surface area (Å²) in [6.45, 7) is 4.92. The summed E-state index contributed by atoms with van der Waals surface area (Å²) in [6.07, 6.45) is 1.06. The van der Waals surface area contributed by atoms with Crippen LogP contribution < -0.4 is 5.32 Å². The van der Waals surface area contributed by atoms with Crippen LogP contribution >= 0.6 is 11.3 Å². The van der Waals surface area contributed by atoms with E-state index in [0.29, 0.717) is 25.9 Å². The van der Waals surface area contributed by atoms with Crippen molar-refractivity contribution in [3.8, 4) is 0 Å². The van der Waals surface area contributed by atoms with E-state index in [-0.39, 0.29) is 12.6 Å². The van der Waals surface area contributed by atoms with Gasteiger partial charge in [0.1, 0.15) is 0 Å². The number of nitrogens with one attached hydrogen (secondary N) is 1. The van der Waals surface area contributed by atoms with E-state index < -0.39 is 11.4 Å². The minimum absolute atomic E-state index is 0.216. The third-order valence-corrected chi connectivity index (χ3v) is 4.68. The molecule has 20 heavy (non-hydrogen) atoms. The van der Waals surface area contributed by atoms with Crippen molar-refractivity contribution >= 4 is 23.3 Å². The molecule has 6 nitrogen and oxygen atoms in total. The van der Waals surface area contributed by atoms with Crippen molar-refractivity contribution in [3.63, 3.8) is 0 Å². The largest absolute Gasteiger partial charge is 0.481 e. The molecule has 1 atom stereocenters. The van der Waals surface area contributed by atoms with E-state index in [1.54, 1.807) is 16.2 Å². The lowest BCUT2D eigenvalue weighted by molar-refractivity contribution is -0.148. The van der Waals surface area contributed by atoms with Crippen LogP contribution in [0, 0.1) is 12.3 Å². The quantitative estimate of drug-likeness (QED) is 0.888. The Morgan fingerprint density at radius 3 is 2.85 bits per heavy atom. The molecule has 1 unspecified atom stereocenters. The number of aryl methyl sites for hydroxylation is 1. The van der Waals surface area contributed by atoms with Crippen molar-refractivity contribution in [3.05, 3.63) is 16.1 Å². The van der Waals surface area contributed by atoms with Crippen LogP contribution in [-0.2, 0) is 11.3 Å². The van der Waals surface area contributed by atoms with E-state index in [1.165, 1.54) is 0 Å². The Kier molecular flexibility index (Phi) is 4.27. The molecule has 0 bridgehead atoms. The van der Waals surface area contributed by atoms with Crippen LogP contribution in [-0.4, -0.2) is 40.1 Å². The van der Waals surface area contributed by atoms with Gasteiger partial charge in [0.2, 0.25) is 0 Å². The van der Waals surface area contributed by atoms with Crippen LogP contribution in [0.2, 0.25) is 0 Å². The summed E-state index contributed by atoms with van der Waals surface area (Å²) in [6, 6.07) is -0.216. The highest BCUT2D eigenvalue weighted by Gasteiger charge is 2.44. The van der Waals surface area contributed by atoms with E-state index in [2.05, 4.69) is 10.3 Å². The first-order valence-corrected chi connectivity index (χ1v) is 7.52.